The van der Waals surface area contributed by atoms with Crippen LogP contribution in [0.1, 0.15) is 23.3 Å². The summed E-state index contributed by atoms with van der Waals surface area (Å²) in [5.41, 5.74) is 2.45. The number of amides is 3. The van der Waals surface area contributed by atoms with E-state index in [1.54, 1.807) is 40.5 Å². The molecule has 1 atom stereocenters. The van der Waals surface area contributed by atoms with E-state index in [1.807, 2.05) is 13.2 Å². The van der Waals surface area contributed by atoms with Crippen LogP contribution in [0.25, 0.3) is 10.6 Å². The van der Waals surface area contributed by atoms with E-state index in [1.165, 1.54) is 11.3 Å². The van der Waals surface area contributed by atoms with Gasteiger partial charge in [0, 0.05) is 48.7 Å². The maximum atomic E-state index is 12.5. The lowest BCUT2D eigenvalue weighted by molar-refractivity contribution is 0.102. The molecule has 1 aliphatic heterocycles. The zero-order valence-corrected chi connectivity index (χ0v) is 17.2. The monoisotopic (exact) mass is 426 g/mol. The summed E-state index contributed by atoms with van der Waals surface area (Å²) in [5, 5.41) is 14.9. The number of aromatic nitrogens is 3. The molecule has 156 valence electrons. The molecule has 1 fully saturated rings. The summed E-state index contributed by atoms with van der Waals surface area (Å²) < 4.78 is 7.17. The van der Waals surface area contributed by atoms with Crippen molar-refractivity contribution in [1.82, 2.24) is 20.1 Å². The van der Waals surface area contributed by atoms with Crippen LogP contribution in [-0.2, 0) is 11.8 Å². The van der Waals surface area contributed by atoms with E-state index in [0.29, 0.717) is 23.6 Å². The molecule has 0 radical (unpaired) electrons. The van der Waals surface area contributed by atoms with Gasteiger partial charge in [-0.3, -0.25) is 9.48 Å². The molecule has 1 unspecified atom stereocenters. The number of hydrogen-bond donors (Lipinski definition) is 3. The molecule has 3 amide bonds. The Balaban J connectivity index is 1.29. The second kappa shape index (κ2) is 9.06. The number of nitrogens with zero attached hydrogens (tertiary/aromatic N) is 3. The van der Waals surface area contributed by atoms with Crippen LogP contribution in [0.5, 0.6) is 0 Å². The standard InChI is InChI=1S/C20H22N6O3S/c1-26-11-13(9-22-26)19-25-17(12-30-19)18(27)23-14-4-6-15(7-5-14)24-20(28)21-10-16-3-2-8-29-16/h4-7,9,11-12,16H,2-3,8,10H2,1H3,(H,23,27)(H2,21,24,28). The van der Waals surface area contributed by atoms with Crippen LogP contribution in [0.4, 0.5) is 16.2 Å². The van der Waals surface area contributed by atoms with E-state index in [9.17, 15) is 9.59 Å². The van der Waals surface area contributed by atoms with Crippen molar-refractivity contribution in [1.29, 1.82) is 0 Å². The number of benzene rings is 1. The minimum atomic E-state index is -0.295. The molecule has 0 spiro atoms. The summed E-state index contributed by atoms with van der Waals surface area (Å²) in [6.45, 7) is 1.25. The molecule has 0 aliphatic carbocycles. The van der Waals surface area contributed by atoms with E-state index in [0.717, 1.165) is 30.0 Å². The third-order valence-corrected chi connectivity index (χ3v) is 5.49. The van der Waals surface area contributed by atoms with Crippen molar-refractivity contribution in [3.8, 4) is 10.6 Å². The Bertz CT molecular complexity index is 1020. The second-order valence-corrected chi connectivity index (χ2v) is 7.80. The summed E-state index contributed by atoms with van der Waals surface area (Å²) in [6, 6.07) is 6.61. The molecule has 1 saturated heterocycles. The van der Waals surface area contributed by atoms with Crippen LogP contribution in [0.3, 0.4) is 0 Å². The van der Waals surface area contributed by atoms with Crippen molar-refractivity contribution >= 4 is 34.6 Å². The second-order valence-electron chi connectivity index (χ2n) is 6.94. The molecule has 3 heterocycles. The molecule has 9 nitrogen and oxygen atoms in total. The Labute approximate surface area is 177 Å². The van der Waals surface area contributed by atoms with E-state index in [2.05, 4.69) is 26.0 Å². The Hall–Kier alpha value is -3.24. The lowest BCUT2D eigenvalue weighted by Gasteiger charge is -2.12. The van der Waals surface area contributed by atoms with Crippen LogP contribution >= 0.6 is 11.3 Å². The Kier molecular flexibility index (Phi) is 6.05. The average Bonchev–Trinajstić information content (AvgIpc) is 3.49. The molecule has 1 aromatic carbocycles. The van der Waals surface area contributed by atoms with Gasteiger partial charge >= 0.3 is 6.03 Å². The molecule has 4 rings (SSSR count). The van der Waals surface area contributed by atoms with Gasteiger partial charge in [-0.1, -0.05) is 0 Å². The van der Waals surface area contributed by atoms with Crippen molar-refractivity contribution < 1.29 is 14.3 Å². The third kappa shape index (κ3) is 5.02. The molecule has 3 aromatic rings. The van der Waals surface area contributed by atoms with Gasteiger partial charge in [0.15, 0.2) is 0 Å². The minimum Gasteiger partial charge on any atom is -0.376 e. The number of ether oxygens (including phenoxy) is 1. The predicted molar refractivity (Wildman–Crippen MR) is 115 cm³/mol. The maximum absolute atomic E-state index is 12.5. The van der Waals surface area contributed by atoms with Gasteiger partial charge in [-0.15, -0.1) is 11.3 Å². The smallest absolute Gasteiger partial charge is 0.319 e. The zero-order chi connectivity index (χ0) is 20.9. The van der Waals surface area contributed by atoms with Crippen LogP contribution in [0.2, 0.25) is 0 Å². The first-order valence-electron chi connectivity index (χ1n) is 9.59. The normalized spacial score (nSPS) is 15.7. The van der Waals surface area contributed by atoms with Crippen LogP contribution < -0.4 is 16.0 Å². The molecule has 0 saturated carbocycles. The molecule has 10 heteroatoms. The van der Waals surface area contributed by atoms with Crippen molar-refractivity contribution in [2.45, 2.75) is 18.9 Å². The molecular weight excluding hydrogens is 404 g/mol. The molecule has 30 heavy (non-hydrogen) atoms. The molecule has 3 N–H and O–H groups in total. The van der Waals surface area contributed by atoms with E-state index in [4.69, 9.17) is 4.74 Å². The first-order chi connectivity index (χ1) is 14.6. The fourth-order valence-electron chi connectivity index (χ4n) is 3.06. The molecule has 1 aliphatic rings. The highest BCUT2D eigenvalue weighted by atomic mass is 32.1. The SMILES string of the molecule is Cn1cc(-c2nc(C(=O)Nc3ccc(NC(=O)NCC4CCCO4)cc3)cs2)cn1. The van der Waals surface area contributed by atoms with Gasteiger partial charge < -0.3 is 20.7 Å². The fourth-order valence-corrected chi connectivity index (χ4v) is 3.84. The quantitative estimate of drug-likeness (QED) is 0.561. The van der Waals surface area contributed by atoms with E-state index < -0.39 is 0 Å². The van der Waals surface area contributed by atoms with Gasteiger partial charge in [0.25, 0.3) is 5.91 Å². The van der Waals surface area contributed by atoms with Crippen LogP contribution in [0, 0.1) is 0 Å². The van der Waals surface area contributed by atoms with Crippen molar-refractivity contribution in [3.63, 3.8) is 0 Å². The number of carbonyl (C=O) groups excluding carboxylic acids is 2. The highest BCUT2D eigenvalue weighted by Gasteiger charge is 2.16. The predicted octanol–water partition coefficient (Wildman–Crippen LogP) is 3.10. The summed E-state index contributed by atoms with van der Waals surface area (Å²) >= 11 is 1.39. The number of carbonyl (C=O) groups is 2. The van der Waals surface area contributed by atoms with Gasteiger partial charge in [0.2, 0.25) is 0 Å². The first-order valence-corrected chi connectivity index (χ1v) is 10.5. The Morgan fingerprint density at radius 1 is 1.23 bits per heavy atom. The van der Waals surface area contributed by atoms with Crippen molar-refractivity contribution in [2.75, 3.05) is 23.8 Å². The number of urea groups is 1. The third-order valence-electron chi connectivity index (χ3n) is 4.60. The number of anilines is 2. The zero-order valence-electron chi connectivity index (χ0n) is 16.4. The van der Waals surface area contributed by atoms with Crippen molar-refractivity contribution in [3.05, 3.63) is 47.7 Å². The average molecular weight is 427 g/mol. The maximum Gasteiger partial charge on any atom is 0.319 e. The lowest BCUT2D eigenvalue weighted by Crippen LogP contribution is -2.35. The molecular formula is C20H22N6O3S. The number of rotatable bonds is 6. The van der Waals surface area contributed by atoms with Gasteiger partial charge in [-0.25, -0.2) is 9.78 Å². The highest BCUT2D eigenvalue weighted by Crippen LogP contribution is 2.23. The van der Waals surface area contributed by atoms with Gasteiger partial charge in [-0.05, 0) is 37.1 Å². The first kappa shape index (κ1) is 20.0. The minimum absolute atomic E-state index is 0.0951. The molecule has 2 aromatic heterocycles. The topological polar surface area (TPSA) is 110 Å². The van der Waals surface area contributed by atoms with Crippen molar-refractivity contribution in [2.24, 2.45) is 7.05 Å². The number of hydrogen-bond acceptors (Lipinski definition) is 6. The van der Waals surface area contributed by atoms with E-state index >= 15 is 0 Å². The van der Waals surface area contributed by atoms with Crippen LogP contribution in [0.15, 0.2) is 42.0 Å². The largest absolute Gasteiger partial charge is 0.376 e. The summed E-state index contributed by atoms with van der Waals surface area (Å²) in [7, 11) is 1.83. The van der Waals surface area contributed by atoms with Gasteiger partial charge in [0.1, 0.15) is 10.7 Å². The number of nitrogens with one attached hydrogen (secondary N) is 3. The van der Waals surface area contributed by atoms with Crippen LogP contribution in [-0.4, -0.2) is 46.0 Å². The summed E-state index contributed by atoms with van der Waals surface area (Å²) in [5.74, 6) is -0.295. The lowest BCUT2D eigenvalue weighted by atomic mass is 10.2. The number of thiazole rings is 1. The highest BCUT2D eigenvalue weighted by molar-refractivity contribution is 7.13. The summed E-state index contributed by atoms with van der Waals surface area (Å²) in [4.78, 5) is 28.8. The molecule has 0 bridgehead atoms. The van der Waals surface area contributed by atoms with E-state index in [-0.39, 0.29) is 18.0 Å². The number of aryl methyl sites for hydroxylation is 1. The van der Waals surface area contributed by atoms with Gasteiger partial charge in [0.05, 0.1) is 12.3 Å². The Morgan fingerprint density at radius 3 is 2.67 bits per heavy atom. The fraction of sp³-hybridized carbons (Fsp3) is 0.300. The summed E-state index contributed by atoms with van der Waals surface area (Å²) in [6.07, 6.45) is 5.66. The van der Waals surface area contributed by atoms with Gasteiger partial charge in [-0.2, -0.15) is 5.10 Å². The Morgan fingerprint density at radius 2 is 2.00 bits per heavy atom.